The van der Waals surface area contributed by atoms with Gasteiger partial charge in [0.05, 0.1) is 28.0 Å². The molecule has 2 aliphatic rings. The van der Waals surface area contributed by atoms with Crippen molar-refractivity contribution in [2.75, 3.05) is 0 Å². The van der Waals surface area contributed by atoms with Crippen molar-refractivity contribution < 1.29 is 4.79 Å². The first-order valence-electron chi connectivity index (χ1n) is 14.6. The number of pyridine rings is 1. The number of nitrogens with zero attached hydrogens (tertiary/aromatic N) is 3. The Hall–Kier alpha value is -4.19. The maximum Gasteiger partial charge on any atom is 0.252 e. The smallest absolute Gasteiger partial charge is 0.252 e. The Labute approximate surface area is 234 Å². The molecule has 3 aromatic heterocycles. The van der Waals surface area contributed by atoms with Crippen LogP contribution in [0.4, 0.5) is 0 Å². The first kappa shape index (κ1) is 24.8. The Morgan fingerprint density at radius 2 is 1.93 bits per heavy atom. The number of H-pyrrole nitrogens is 1. The van der Waals surface area contributed by atoms with Crippen LogP contribution in [-0.4, -0.2) is 25.4 Å². The van der Waals surface area contributed by atoms with Crippen LogP contribution < -0.4 is 5.32 Å². The molecule has 5 aromatic rings. The van der Waals surface area contributed by atoms with Crippen LogP contribution in [0.5, 0.6) is 0 Å². The van der Waals surface area contributed by atoms with E-state index >= 15 is 0 Å². The standard InChI is InChI=1S/C34H35N5O/c1-3-22-13-16-26-29(20-22)39(2)33(37-26)34(17-9-18-34)38-32(40)24-14-15-25-28(21-24)36-31(27-12-7-8-19-35-27)30(25)23-10-5-4-6-11-23/h3,7-8,12-16,19-21,23,36H,1,4-6,9-11,17-18H2,2H3,(H,38,40). The van der Waals surface area contributed by atoms with E-state index in [0.717, 1.165) is 58.6 Å². The van der Waals surface area contributed by atoms with Gasteiger partial charge in [0.2, 0.25) is 0 Å². The molecule has 2 fully saturated rings. The van der Waals surface area contributed by atoms with E-state index in [-0.39, 0.29) is 5.91 Å². The monoisotopic (exact) mass is 529 g/mol. The number of nitrogens with one attached hydrogen (secondary N) is 2. The summed E-state index contributed by atoms with van der Waals surface area (Å²) in [6.45, 7) is 3.90. The fraction of sp³-hybridized carbons (Fsp3) is 0.324. The number of benzene rings is 2. The molecule has 0 spiro atoms. The fourth-order valence-electron chi connectivity index (χ4n) is 6.87. The van der Waals surface area contributed by atoms with Crippen LogP contribution in [0.1, 0.15) is 84.6 Å². The lowest BCUT2D eigenvalue weighted by Crippen LogP contribution is -2.52. The Kier molecular flexibility index (Phi) is 6.06. The minimum absolute atomic E-state index is 0.0614. The van der Waals surface area contributed by atoms with E-state index in [1.54, 1.807) is 0 Å². The summed E-state index contributed by atoms with van der Waals surface area (Å²) < 4.78 is 2.13. The summed E-state index contributed by atoms with van der Waals surface area (Å²) in [7, 11) is 2.04. The van der Waals surface area contributed by atoms with Crippen LogP contribution in [0, 0.1) is 0 Å². The van der Waals surface area contributed by atoms with E-state index < -0.39 is 5.54 Å². The zero-order valence-corrected chi connectivity index (χ0v) is 23.0. The summed E-state index contributed by atoms with van der Waals surface area (Å²) >= 11 is 0. The van der Waals surface area contributed by atoms with Crippen LogP contribution in [-0.2, 0) is 12.6 Å². The van der Waals surface area contributed by atoms with E-state index in [0.29, 0.717) is 11.5 Å². The number of aromatic amines is 1. The average molecular weight is 530 g/mol. The number of aromatic nitrogens is 4. The Bertz CT molecular complexity index is 1730. The number of amides is 1. The minimum atomic E-state index is -0.462. The van der Waals surface area contributed by atoms with E-state index in [1.165, 1.54) is 43.1 Å². The lowest BCUT2D eigenvalue weighted by molar-refractivity contribution is 0.0805. The van der Waals surface area contributed by atoms with E-state index in [9.17, 15) is 4.79 Å². The van der Waals surface area contributed by atoms with Gasteiger partial charge in [-0.05, 0) is 85.5 Å². The summed E-state index contributed by atoms with van der Waals surface area (Å²) in [5.41, 5.74) is 7.66. The predicted molar refractivity (Wildman–Crippen MR) is 161 cm³/mol. The van der Waals surface area contributed by atoms with Gasteiger partial charge in [0.15, 0.2) is 0 Å². The van der Waals surface area contributed by atoms with Crippen molar-refractivity contribution in [2.45, 2.75) is 62.8 Å². The van der Waals surface area contributed by atoms with Gasteiger partial charge in [-0.2, -0.15) is 0 Å². The van der Waals surface area contributed by atoms with E-state index in [2.05, 4.69) is 44.6 Å². The molecule has 0 bridgehead atoms. The second-order valence-electron chi connectivity index (χ2n) is 11.6. The summed E-state index contributed by atoms with van der Waals surface area (Å²) in [6.07, 6.45) is 12.8. The van der Waals surface area contributed by atoms with Crippen LogP contribution >= 0.6 is 0 Å². The third-order valence-electron chi connectivity index (χ3n) is 9.16. The van der Waals surface area contributed by atoms with Gasteiger partial charge < -0.3 is 14.9 Å². The number of carbonyl (C=O) groups is 1. The lowest BCUT2D eigenvalue weighted by Gasteiger charge is -2.41. The molecular formula is C34H35N5O. The van der Waals surface area contributed by atoms with Gasteiger partial charge in [0.25, 0.3) is 5.91 Å². The SMILES string of the molecule is C=Cc1ccc2nc(C3(NC(=O)c4ccc5c(C6CCCCC6)c(-c6ccccn6)[nH]c5c4)CCC3)n(C)c2c1. The number of hydrogen-bond donors (Lipinski definition) is 2. The zero-order valence-electron chi connectivity index (χ0n) is 23.0. The van der Waals surface area contributed by atoms with Gasteiger partial charge in [0.1, 0.15) is 5.82 Å². The van der Waals surface area contributed by atoms with Crippen LogP contribution in [0.25, 0.3) is 39.4 Å². The van der Waals surface area contributed by atoms with Crippen LogP contribution in [0.3, 0.4) is 0 Å². The number of imidazole rings is 1. The molecule has 1 amide bonds. The molecule has 0 aliphatic heterocycles. The quantitative estimate of drug-likeness (QED) is 0.238. The number of hydrogen-bond acceptors (Lipinski definition) is 3. The summed E-state index contributed by atoms with van der Waals surface area (Å²) in [5, 5.41) is 4.61. The molecule has 6 nitrogen and oxygen atoms in total. The van der Waals surface area contributed by atoms with Crippen molar-refractivity contribution in [3.05, 3.63) is 89.9 Å². The number of aryl methyl sites for hydroxylation is 1. The molecule has 2 aliphatic carbocycles. The van der Waals surface area contributed by atoms with E-state index in [1.807, 2.05) is 55.7 Å². The van der Waals surface area contributed by atoms with Gasteiger partial charge in [0, 0.05) is 29.7 Å². The maximum absolute atomic E-state index is 13.8. The average Bonchev–Trinajstić information content (AvgIpc) is 3.53. The Morgan fingerprint density at radius 1 is 1.07 bits per heavy atom. The van der Waals surface area contributed by atoms with Crippen molar-refractivity contribution >= 4 is 33.9 Å². The van der Waals surface area contributed by atoms with Crippen LogP contribution in [0.15, 0.2) is 67.4 Å². The molecule has 3 heterocycles. The largest absolute Gasteiger partial charge is 0.353 e. The molecular weight excluding hydrogens is 494 g/mol. The molecule has 2 N–H and O–H groups in total. The maximum atomic E-state index is 13.8. The molecule has 202 valence electrons. The molecule has 0 radical (unpaired) electrons. The molecule has 2 aromatic carbocycles. The van der Waals surface area contributed by atoms with Crippen molar-refractivity contribution in [3.63, 3.8) is 0 Å². The van der Waals surface area contributed by atoms with Crippen molar-refractivity contribution in [1.29, 1.82) is 0 Å². The van der Waals surface area contributed by atoms with Crippen molar-refractivity contribution in [3.8, 4) is 11.4 Å². The van der Waals surface area contributed by atoms with Crippen molar-refractivity contribution in [1.82, 2.24) is 24.8 Å². The number of fused-ring (bicyclic) bond motifs is 2. The van der Waals surface area contributed by atoms with Crippen LogP contribution in [0.2, 0.25) is 0 Å². The van der Waals surface area contributed by atoms with Gasteiger partial charge >= 0.3 is 0 Å². The normalized spacial score (nSPS) is 17.1. The summed E-state index contributed by atoms with van der Waals surface area (Å²) in [6, 6.07) is 18.4. The van der Waals surface area contributed by atoms with Gasteiger partial charge in [-0.25, -0.2) is 4.98 Å². The highest BCUT2D eigenvalue weighted by Crippen LogP contribution is 2.43. The molecule has 2 saturated carbocycles. The second kappa shape index (κ2) is 9.77. The summed E-state index contributed by atoms with van der Waals surface area (Å²) in [4.78, 5) is 27.1. The minimum Gasteiger partial charge on any atom is -0.353 e. The number of rotatable bonds is 6. The molecule has 0 atom stereocenters. The Morgan fingerprint density at radius 3 is 2.65 bits per heavy atom. The third kappa shape index (κ3) is 4.05. The fourth-order valence-corrected chi connectivity index (χ4v) is 6.87. The highest BCUT2D eigenvalue weighted by atomic mass is 16.1. The second-order valence-corrected chi connectivity index (χ2v) is 11.6. The van der Waals surface area contributed by atoms with Crippen molar-refractivity contribution in [2.24, 2.45) is 7.05 Å². The Balaban J connectivity index is 1.24. The van der Waals surface area contributed by atoms with Gasteiger partial charge in [-0.3, -0.25) is 9.78 Å². The zero-order chi connectivity index (χ0) is 27.3. The summed E-state index contributed by atoms with van der Waals surface area (Å²) in [5.74, 6) is 1.37. The third-order valence-corrected chi connectivity index (χ3v) is 9.16. The molecule has 0 unspecified atom stereocenters. The highest BCUT2D eigenvalue weighted by Gasteiger charge is 2.44. The molecule has 7 rings (SSSR count). The molecule has 6 heteroatoms. The lowest BCUT2D eigenvalue weighted by atomic mass is 9.75. The first-order valence-corrected chi connectivity index (χ1v) is 14.6. The molecule has 40 heavy (non-hydrogen) atoms. The highest BCUT2D eigenvalue weighted by molar-refractivity contribution is 6.00. The first-order chi connectivity index (χ1) is 19.6. The van der Waals surface area contributed by atoms with Gasteiger partial charge in [-0.15, -0.1) is 0 Å². The molecule has 0 saturated heterocycles. The van der Waals surface area contributed by atoms with E-state index in [4.69, 9.17) is 4.98 Å². The number of carbonyl (C=O) groups excluding carboxylic acids is 1. The predicted octanol–water partition coefficient (Wildman–Crippen LogP) is 7.62. The van der Waals surface area contributed by atoms with Gasteiger partial charge in [-0.1, -0.05) is 50.1 Å². The topological polar surface area (TPSA) is 75.6 Å².